The zero-order chi connectivity index (χ0) is 20.1. The Morgan fingerprint density at radius 2 is 2.04 bits per heavy atom. The van der Waals surface area contributed by atoms with Gasteiger partial charge in [0.2, 0.25) is 5.91 Å². The van der Waals surface area contributed by atoms with Crippen molar-refractivity contribution in [1.82, 2.24) is 4.90 Å². The fourth-order valence-corrected chi connectivity index (χ4v) is 4.32. The van der Waals surface area contributed by atoms with Crippen LogP contribution in [0.4, 0.5) is 5.69 Å². The summed E-state index contributed by atoms with van der Waals surface area (Å²) >= 11 is 8.67. The Labute approximate surface area is 186 Å². The van der Waals surface area contributed by atoms with Crippen LogP contribution >= 0.6 is 46.6 Å². The van der Waals surface area contributed by atoms with Crippen molar-refractivity contribution in [3.8, 4) is 5.75 Å². The van der Waals surface area contributed by atoms with E-state index in [1.165, 1.54) is 16.7 Å². The number of nitrogens with one attached hydrogen (secondary N) is 1. The molecule has 0 aromatic heterocycles. The molecule has 3 rings (SSSR count). The van der Waals surface area contributed by atoms with Crippen molar-refractivity contribution in [1.29, 1.82) is 0 Å². The Morgan fingerprint density at radius 3 is 2.71 bits per heavy atom. The molecule has 144 valence electrons. The minimum absolute atomic E-state index is 0.114. The highest BCUT2D eigenvalue weighted by molar-refractivity contribution is 14.1. The molecule has 8 heteroatoms. The number of nitrogens with zero attached hydrogens (tertiary/aromatic N) is 1. The van der Waals surface area contributed by atoms with Gasteiger partial charge in [0.1, 0.15) is 16.6 Å². The van der Waals surface area contributed by atoms with Crippen molar-refractivity contribution in [3.63, 3.8) is 0 Å². The number of hydrogen-bond donors (Lipinski definition) is 1. The lowest BCUT2D eigenvalue weighted by atomic mass is 10.2. The van der Waals surface area contributed by atoms with E-state index in [1.54, 1.807) is 12.1 Å². The first kappa shape index (κ1) is 20.8. The fourth-order valence-electron chi connectivity index (χ4n) is 2.52. The van der Waals surface area contributed by atoms with Crippen molar-refractivity contribution < 1.29 is 14.3 Å². The molecule has 1 aliphatic rings. The van der Waals surface area contributed by atoms with E-state index >= 15 is 0 Å². The predicted molar refractivity (Wildman–Crippen MR) is 125 cm³/mol. The maximum absolute atomic E-state index is 12.7. The summed E-state index contributed by atoms with van der Waals surface area (Å²) < 4.78 is 6.81. The Morgan fingerprint density at radius 1 is 1.29 bits per heavy atom. The molecule has 28 heavy (non-hydrogen) atoms. The van der Waals surface area contributed by atoms with E-state index in [2.05, 4.69) is 27.9 Å². The number of hydrogen-bond acceptors (Lipinski definition) is 5. The van der Waals surface area contributed by atoms with Gasteiger partial charge in [-0.05, 0) is 71.5 Å². The molecule has 2 aromatic carbocycles. The van der Waals surface area contributed by atoms with E-state index in [4.69, 9.17) is 17.0 Å². The molecule has 1 fully saturated rings. The maximum atomic E-state index is 12.7. The molecule has 0 aliphatic carbocycles. The zero-order valence-electron chi connectivity index (χ0n) is 15.0. The molecule has 0 atom stereocenters. The quantitative estimate of drug-likeness (QED) is 0.342. The van der Waals surface area contributed by atoms with Crippen LogP contribution in [0.3, 0.4) is 0 Å². The minimum Gasteiger partial charge on any atom is -0.494 e. The van der Waals surface area contributed by atoms with Crippen LogP contribution in [-0.4, -0.2) is 34.2 Å². The second-order valence-electron chi connectivity index (χ2n) is 5.83. The Kier molecular flexibility index (Phi) is 7.08. The number of thioether (sulfide) groups is 1. The number of anilines is 1. The second kappa shape index (κ2) is 9.53. The van der Waals surface area contributed by atoms with Gasteiger partial charge in [-0.25, -0.2) is 0 Å². The summed E-state index contributed by atoms with van der Waals surface area (Å²) in [7, 11) is 0. The number of carbonyl (C=O) groups is 2. The van der Waals surface area contributed by atoms with Crippen LogP contribution in [0, 0.1) is 3.57 Å². The molecular weight excluding hydrogens is 507 g/mol. The van der Waals surface area contributed by atoms with Gasteiger partial charge in [-0.2, -0.15) is 0 Å². The zero-order valence-corrected chi connectivity index (χ0v) is 18.8. The van der Waals surface area contributed by atoms with Crippen molar-refractivity contribution in [3.05, 3.63) is 62.6 Å². The predicted octanol–water partition coefficient (Wildman–Crippen LogP) is 4.53. The van der Waals surface area contributed by atoms with Gasteiger partial charge in [-0.1, -0.05) is 42.2 Å². The highest BCUT2D eigenvalue weighted by Gasteiger charge is 2.33. The maximum Gasteiger partial charge on any atom is 0.266 e. The van der Waals surface area contributed by atoms with Gasteiger partial charge in [0.25, 0.3) is 5.91 Å². The number of rotatable bonds is 6. The third-order valence-electron chi connectivity index (χ3n) is 3.77. The van der Waals surface area contributed by atoms with Gasteiger partial charge in [0.05, 0.1) is 11.5 Å². The summed E-state index contributed by atoms with van der Waals surface area (Å²) in [6.45, 7) is 2.41. The number of amides is 2. The standard InChI is InChI=1S/C20H17IN2O3S2/c1-2-26-16-8-6-13(7-9-16)10-17-19(25)23(20(27)28-17)12-18(24)22-15-5-3-4-14(21)11-15/h3-11H,2,12H2,1H3,(H,22,24)/b17-10-. The molecule has 2 amide bonds. The van der Waals surface area contributed by atoms with Crippen molar-refractivity contribution in [2.24, 2.45) is 0 Å². The van der Waals surface area contributed by atoms with E-state index in [0.717, 1.165) is 14.9 Å². The van der Waals surface area contributed by atoms with Crippen LogP contribution in [0.15, 0.2) is 53.4 Å². The average molecular weight is 524 g/mol. The van der Waals surface area contributed by atoms with Gasteiger partial charge in [-0.15, -0.1) is 0 Å². The fraction of sp³-hybridized carbons (Fsp3) is 0.150. The molecule has 0 bridgehead atoms. The summed E-state index contributed by atoms with van der Waals surface area (Å²) in [5.41, 5.74) is 1.56. The average Bonchev–Trinajstić information content (AvgIpc) is 2.91. The Hall–Kier alpha value is -1.91. The molecule has 0 unspecified atom stereocenters. The number of benzene rings is 2. The topological polar surface area (TPSA) is 58.6 Å². The summed E-state index contributed by atoms with van der Waals surface area (Å²) in [4.78, 5) is 26.8. The first-order valence-electron chi connectivity index (χ1n) is 8.50. The lowest BCUT2D eigenvalue weighted by Gasteiger charge is -2.14. The molecule has 5 nitrogen and oxygen atoms in total. The van der Waals surface area contributed by atoms with Crippen LogP contribution in [0.25, 0.3) is 6.08 Å². The second-order valence-corrected chi connectivity index (χ2v) is 8.75. The van der Waals surface area contributed by atoms with Gasteiger partial charge >= 0.3 is 0 Å². The molecule has 1 heterocycles. The van der Waals surface area contributed by atoms with Crippen LogP contribution in [0.2, 0.25) is 0 Å². The highest BCUT2D eigenvalue weighted by atomic mass is 127. The Bertz CT molecular complexity index is 945. The third kappa shape index (κ3) is 5.33. The molecule has 1 aliphatic heterocycles. The highest BCUT2D eigenvalue weighted by Crippen LogP contribution is 2.32. The largest absolute Gasteiger partial charge is 0.494 e. The lowest BCUT2D eigenvalue weighted by molar-refractivity contribution is -0.126. The summed E-state index contributed by atoms with van der Waals surface area (Å²) in [5, 5.41) is 2.79. The Balaban J connectivity index is 1.66. The van der Waals surface area contributed by atoms with Crippen molar-refractivity contribution >= 4 is 74.5 Å². The summed E-state index contributed by atoms with van der Waals surface area (Å²) in [6.07, 6.45) is 1.77. The third-order valence-corrected chi connectivity index (χ3v) is 5.82. The smallest absolute Gasteiger partial charge is 0.266 e. The van der Waals surface area contributed by atoms with E-state index in [0.29, 0.717) is 21.5 Å². The van der Waals surface area contributed by atoms with Crippen LogP contribution < -0.4 is 10.1 Å². The van der Waals surface area contributed by atoms with Gasteiger partial charge < -0.3 is 10.1 Å². The SMILES string of the molecule is CCOc1ccc(/C=C2\SC(=S)N(CC(=O)Nc3cccc(I)c3)C2=O)cc1. The number of carbonyl (C=O) groups excluding carboxylic acids is 2. The molecule has 2 aromatic rings. The van der Waals surface area contributed by atoms with Gasteiger partial charge in [-0.3, -0.25) is 14.5 Å². The number of thiocarbonyl (C=S) groups is 1. The van der Waals surface area contributed by atoms with Gasteiger partial charge in [0.15, 0.2) is 0 Å². The van der Waals surface area contributed by atoms with Crippen LogP contribution in [0.5, 0.6) is 5.75 Å². The van der Waals surface area contributed by atoms with E-state index in [9.17, 15) is 9.59 Å². The first-order chi connectivity index (χ1) is 13.5. The first-order valence-corrected chi connectivity index (χ1v) is 10.8. The molecular formula is C20H17IN2O3S2. The number of halogens is 1. The minimum atomic E-state index is -0.291. The molecule has 0 saturated carbocycles. The van der Waals surface area contributed by atoms with E-state index < -0.39 is 0 Å². The molecule has 0 spiro atoms. The normalized spacial score (nSPS) is 15.2. The van der Waals surface area contributed by atoms with Crippen molar-refractivity contribution in [2.45, 2.75) is 6.92 Å². The van der Waals surface area contributed by atoms with Crippen LogP contribution in [0.1, 0.15) is 12.5 Å². The molecule has 1 saturated heterocycles. The van der Waals surface area contributed by atoms with Crippen LogP contribution in [-0.2, 0) is 9.59 Å². The van der Waals surface area contributed by atoms with E-state index in [-0.39, 0.29) is 18.4 Å². The summed E-state index contributed by atoms with van der Waals surface area (Å²) in [5.74, 6) is 0.224. The van der Waals surface area contributed by atoms with Gasteiger partial charge in [0, 0.05) is 9.26 Å². The van der Waals surface area contributed by atoms with E-state index in [1.807, 2.05) is 49.4 Å². The summed E-state index contributed by atoms with van der Waals surface area (Å²) in [6, 6.07) is 14.9. The van der Waals surface area contributed by atoms with Crippen molar-refractivity contribution in [2.75, 3.05) is 18.5 Å². The monoisotopic (exact) mass is 524 g/mol. The molecule has 0 radical (unpaired) electrons. The molecule has 1 N–H and O–H groups in total. The number of ether oxygens (including phenoxy) is 1. The lowest BCUT2D eigenvalue weighted by Crippen LogP contribution is -2.36.